The van der Waals surface area contributed by atoms with Gasteiger partial charge in [0, 0.05) is 20.4 Å². The zero-order chi connectivity index (χ0) is 4.50. The van der Waals surface area contributed by atoms with Crippen molar-refractivity contribution in [1.82, 2.24) is 0 Å². The van der Waals surface area contributed by atoms with Crippen molar-refractivity contribution >= 4 is 59.3 Å². The predicted molar refractivity (Wildman–Crippen MR) is 26.3 cm³/mol. The molecular formula is H6BaO5PdS. The first-order valence-electron chi connectivity index (χ1n) is 0.698. The van der Waals surface area contributed by atoms with Gasteiger partial charge < -0.3 is 5.48 Å². The van der Waals surface area contributed by atoms with Gasteiger partial charge in [0.1, 0.15) is 0 Å². The summed E-state index contributed by atoms with van der Waals surface area (Å²) in [6.07, 6.45) is 0. The molecule has 0 aliphatic heterocycles. The molecule has 0 spiro atoms. The van der Waals surface area contributed by atoms with Crippen LogP contribution in [-0.4, -0.2) is 71.9 Å². The van der Waals surface area contributed by atoms with Crippen LogP contribution >= 0.6 is 0 Å². The standard InChI is InChI=1S/Ba.H2O4S.H2O.Pd.2H/c;1-5(2,3)4;;;;/h;(H2,1,2,3,4);1H2;;;. The van der Waals surface area contributed by atoms with E-state index in [0.717, 1.165) is 0 Å². The van der Waals surface area contributed by atoms with Crippen molar-refractivity contribution in [2.24, 2.45) is 0 Å². The zero-order valence-electron chi connectivity index (χ0n) is 2.94. The molecule has 0 unspecified atom stereocenters. The Hall–Kier alpha value is 2.06. The van der Waals surface area contributed by atoms with Crippen molar-refractivity contribution in [2.45, 2.75) is 0 Å². The van der Waals surface area contributed by atoms with Gasteiger partial charge in [-0.3, -0.25) is 9.11 Å². The molecule has 0 aliphatic rings. The first-order valence-corrected chi connectivity index (χ1v) is 2.10. The first-order chi connectivity index (χ1) is 2.00. The SMILES string of the molecule is O.O=S(=O)(O)O.[BaH2].[Pd]. The van der Waals surface area contributed by atoms with E-state index in [0.29, 0.717) is 0 Å². The second-order valence-corrected chi connectivity index (χ2v) is 1.34. The molecule has 0 atom stereocenters. The average Bonchev–Trinajstić information content (AvgIpc) is 0.722. The summed E-state index contributed by atoms with van der Waals surface area (Å²) in [6, 6.07) is 0. The van der Waals surface area contributed by atoms with Gasteiger partial charge >= 0.3 is 59.3 Å². The zero-order valence-corrected chi connectivity index (χ0v) is 5.31. The summed E-state index contributed by atoms with van der Waals surface area (Å²) in [6.45, 7) is 0. The normalized spacial score (nSPS) is 7.25. The van der Waals surface area contributed by atoms with Gasteiger partial charge in [-0.2, -0.15) is 8.42 Å². The van der Waals surface area contributed by atoms with Gasteiger partial charge in [0.2, 0.25) is 0 Å². The van der Waals surface area contributed by atoms with Crippen LogP contribution < -0.4 is 0 Å². The summed E-state index contributed by atoms with van der Waals surface area (Å²) in [7, 11) is -4.67. The number of rotatable bonds is 0. The summed E-state index contributed by atoms with van der Waals surface area (Å²) in [5, 5.41) is 0. The average molecular weight is 362 g/mol. The van der Waals surface area contributed by atoms with Crippen molar-refractivity contribution in [3.8, 4) is 0 Å². The van der Waals surface area contributed by atoms with Crippen molar-refractivity contribution in [2.75, 3.05) is 0 Å². The van der Waals surface area contributed by atoms with Crippen LogP contribution in [0.1, 0.15) is 0 Å². The van der Waals surface area contributed by atoms with Crippen LogP contribution in [-0.2, 0) is 30.8 Å². The van der Waals surface area contributed by atoms with E-state index in [-0.39, 0.29) is 74.8 Å². The molecule has 8 heteroatoms. The third-order valence-corrected chi connectivity index (χ3v) is 0. The van der Waals surface area contributed by atoms with E-state index in [9.17, 15) is 0 Å². The molecule has 8 heavy (non-hydrogen) atoms. The molecule has 0 radical (unpaired) electrons. The second-order valence-electron chi connectivity index (χ2n) is 0.448. The molecular weight excluding hydrogens is 356 g/mol. The van der Waals surface area contributed by atoms with E-state index in [4.69, 9.17) is 17.5 Å². The van der Waals surface area contributed by atoms with Crippen molar-refractivity contribution < 1.29 is 43.4 Å². The molecule has 0 aromatic carbocycles. The number of hydrogen-bond acceptors (Lipinski definition) is 2. The van der Waals surface area contributed by atoms with Crippen molar-refractivity contribution in [1.29, 1.82) is 0 Å². The minimum absolute atomic E-state index is 0. The summed E-state index contributed by atoms with van der Waals surface area (Å²) in [5.41, 5.74) is 0. The molecule has 0 fully saturated rings. The minimum atomic E-state index is -4.67. The summed E-state index contributed by atoms with van der Waals surface area (Å²) in [4.78, 5) is 0. The summed E-state index contributed by atoms with van der Waals surface area (Å²) in [5.74, 6) is 0. The maximum atomic E-state index is 8.74. The van der Waals surface area contributed by atoms with Crippen LogP contribution in [0.4, 0.5) is 0 Å². The van der Waals surface area contributed by atoms with Crippen LogP contribution in [0.5, 0.6) is 0 Å². The third-order valence-electron chi connectivity index (χ3n) is 0. The van der Waals surface area contributed by atoms with Gasteiger partial charge in [-0.05, 0) is 0 Å². The van der Waals surface area contributed by atoms with Crippen LogP contribution in [0.3, 0.4) is 0 Å². The number of hydrogen-bond donors (Lipinski definition) is 2. The Bertz CT molecular complexity index is 95.6. The summed E-state index contributed by atoms with van der Waals surface area (Å²) < 4.78 is 31.6. The van der Waals surface area contributed by atoms with E-state index in [1.54, 1.807) is 0 Å². The third kappa shape index (κ3) is 94.5. The van der Waals surface area contributed by atoms with Gasteiger partial charge in [-0.1, -0.05) is 0 Å². The van der Waals surface area contributed by atoms with Crippen LogP contribution in [0.25, 0.3) is 0 Å². The Labute approximate surface area is 101 Å². The molecule has 0 bridgehead atoms. The van der Waals surface area contributed by atoms with Gasteiger partial charge in [0.05, 0.1) is 0 Å². The van der Waals surface area contributed by atoms with E-state index in [1.165, 1.54) is 0 Å². The molecule has 0 rings (SSSR count). The molecule has 0 heterocycles. The van der Waals surface area contributed by atoms with Crippen molar-refractivity contribution in [3.63, 3.8) is 0 Å². The molecule has 0 saturated heterocycles. The monoisotopic (exact) mass is 362 g/mol. The molecule has 0 amide bonds. The molecule has 0 aliphatic carbocycles. The predicted octanol–water partition coefficient (Wildman–Crippen LogP) is -2.40. The van der Waals surface area contributed by atoms with Crippen molar-refractivity contribution in [3.05, 3.63) is 0 Å². The first kappa shape index (κ1) is 22.5. The quantitative estimate of drug-likeness (QED) is 0.370. The van der Waals surface area contributed by atoms with Gasteiger partial charge in [0.15, 0.2) is 0 Å². The molecule has 0 aromatic rings. The molecule has 0 aromatic heterocycles. The van der Waals surface area contributed by atoms with E-state index < -0.39 is 10.4 Å². The fourth-order valence-electron chi connectivity index (χ4n) is 0. The molecule has 0 saturated carbocycles. The fourth-order valence-corrected chi connectivity index (χ4v) is 0. The Kier molecular flexibility index (Phi) is 25.5. The Morgan fingerprint density at radius 3 is 1.12 bits per heavy atom. The second kappa shape index (κ2) is 9.06. The van der Waals surface area contributed by atoms with Crippen LogP contribution in [0.15, 0.2) is 0 Å². The van der Waals surface area contributed by atoms with Gasteiger partial charge in [-0.15, -0.1) is 0 Å². The Balaban J connectivity index is -0.0000000267. The molecule has 5 nitrogen and oxygen atoms in total. The van der Waals surface area contributed by atoms with E-state index in [1.807, 2.05) is 0 Å². The minimum Gasteiger partial charge on any atom is 0 e. The van der Waals surface area contributed by atoms with E-state index in [2.05, 4.69) is 0 Å². The van der Waals surface area contributed by atoms with Crippen LogP contribution in [0, 0.1) is 0 Å². The Morgan fingerprint density at radius 2 is 1.12 bits per heavy atom. The largest absolute Gasteiger partial charge is 0 e. The smallest absolute Gasteiger partial charge is 0 e. The molecule has 54 valence electrons. The maximum Gasteiger partial charge on any atom is 0 e. The van der Waals surface area contributed by atoms with Gasteiger partial charge in [-0.25, -0.2) is 0 Å². The Morgan fingerprint density at radius 1 is 1.12 bits per heavy atom. The fraction of sp³-hybridized carbons (Fsp3) is 0. The maximum absolute atomic E-state index is 8.74. The molecule has 4 N–H and O–H groups in total. The van der Waals surface area contributed by atoms with Gasteiger partial charge in [0.25, 0.3) is 0 Å². The van der Waals surface area contributed by atoms with Crippen LogP contribution in [0.2, 0.25) is 0 Å². The topological polar surface area (TPSA) is 106 Å². The van der Waals surface area contributed by atoms with E-state index >= 15 is 0 Å². The summed E-state index contributed by atoms with van der Waals surface area (Å²) >= 11 is 0.